The number of thiophene rings is 1. The second-order valence-corrected chi connectivity index (χ2v) is 13.6. The number of fused-ring (bicyclic) bond motifs is 1. The van der Waals surface area contributed by atoms with Gasteiger partial charge in [0.05, 0.1) is 13.2 Å². The van der Waals surface area contributed by atoms with Gasteiger partial charge in [-0.3, -0.25) is 9.69 Å². The van der Waals surface area contributed by atoms with E-state index in [-0.39, 0.29) is 5.91 Å². The fourth-order valence-electron chi connectivity index (χ4n) is 6.36. The standard InChI is InChI=1S/C40H47N3O4S/c1-3-20-45-23-24-47-37-13-8-31(9-14-37)32-10-15-39-34(26-32)27-33(16-19-43(39)29-38-5-4-25-48-38)40(44)41-35-11-6-30(7-12-35)28-42(2)36-17-21-46-22-18-36/h4-15,25-27,36H,3,16-24,28-29H2,1-2H3,(H,41,44). The molecule has 0 radical (unpaired) electrons. The molecule has 1 saturated heterocycles. The van der Waals surface area contributed by atoms with Gasteiger partial charge in [0.1, 0.15) is 12.4 Å². The number of benzene rings is 3. The van der Waals surface area contributed by atoms with Crippen LogP contribution in [0.1, 0.15) is 48.6 Å². The molecule has 252 valence electrons. The monoisotopic (exact) mass is 665 g/mol. The number of rotatable bonds is 14. The number of amides is 1. The minimum absolute atomic E-state index is 0.0548. The van der Waals surface area contributed by atoms with Crippen molar-refractivity contribution in [3.63, 3.8) is 0 Å². The molecule has 2 aliphatic heterocycles. The van der Waals surface area contributed by atoms with Gasteiger partial charge in [-0.05, 0) is 109 Å². The summed E-state index contributed by atoms with van der Waals surface area (Å²) in [6, 6.07) is 27.9. The van der Waals surface area contributed by atoms with Gasteiger partial charge >= 0.3 is 0 Å². The van der Waals surface area contributed by atoms with Crippen molar-refractivity contribution in [1.29, 1.82) is 0 Å². The minimum atomic E-state index is -0.0548. The fourth-order valence-corrected chi connectivity index (χ4v) is 7.08. The number of nitrogens with one attached hydrogen (secondary N) is 1. The van der Waals surface area contributed by atoms with Crippen LogP contribution in [0, 0.1) is 0 Å². The normalized spacial score (nSPS) is 15.1. The molecule has 1 N–H and O–H groups in total. The van der Waals surface area contributed by atoms with Crippen LogP contribution in [0.4, 0.5) is 11.4 Å². The van der Waals surface area contributed by atoms with Crippen LogP contribution in [0.25, 0.3) is 17.2 Å². The second kappa shape index (κ2) is 16.9. The first-order chi connectivity index (χ1) is 23.6. The van der Waals surface area contributed by atoms with Crippen molar-refractivity contribution < 1.29 is 19.0 Å². The molecule has 4 aromatic rings. The van der Waals surface area contributed by atoms with Crippen LogP contribution in [0.5, 0.6) is 5.75 Å². The Morgan fingerprint density at radius 1 is 0.979 bits per heavy atom. The molecular weight excluding hydrogens is 619 g/mol. The van der Waals surface area contributed by atoms with Crippen LogP contribution < -0.4 is 15.0 Å². The van der Waals surface area contributed by atoms with E-state index in [1.54, 1.807) is 11.3 Å². The number of hydrogen-bond donors (Lipinski definition) is 1. The Morgan fingerprint density at radius 2 is 1.77 bits per heavy atom. The average Bonchev–Trinajstić information content (AvgIpc) is 3.57. The van der Waals surface area contributed by atoms with Crippen molar-refractivity contribution in [3.8, 4) is 16.9 Å². The largest absolute Gasteiger partial charge is 0.491 e. The summed E-state index contributed by atoms with van der Waals surface area (Å²) in [6.45, 7) is 8.11. The van der Waals surface area contributed by atoms with Gasteiger partial charge in [-0.25, -0.2) is 0 Å². The Labute approximate surface area is 289 Å². The molecule has 1 fully saturated rings. The zero-order valence-electron chi connectivity index (χ0n) is 28.2. The van der Waals surface area contributed by atoms with E-state index in [1.165, 1.54) is 10.4 Å². The molecule has 48 heavy (non-hydrogen) atoms. The second-order valence-electron chi connectivity index (χ2n) is 12.6. The summed E-state index contributed by atoms with van der Waals surface area (Å²) in [4.78, 5) is 19.8. The number of anilines is 2. The quantitative estimate of drug-likeness (QED) is 0.137. The van der Waals surface area contributed by atoms with Crippen molar-refractivity contribution in [2.45, 2.75) is 51.7 Å². The molecule has 1 aromatic heterocycles. The Bertz CT molecular complexity index is 1630. The Hall–Kier alpha value is -3.95. The van der Waals surface area contributed by atoms with Crippen molar-refractivity contribution in [3.05, 3.63) is 106 Å². The molecule has 0 unspecified atom stereocenters. The number of carbonyl (C=O) groups excluding carboxylic acids is 1. The predicted octanol–water partition coefficient (Wildman–Crippen LogP) is 8.26. The minimum Gasteiger partial charge on any atom is -0.491 e. The van der Waals surface area contributed by atoms with Gasteiger partial charge in [0.2, 0.25) is 0 Å². The molecule has 6 rings (SSSR count). The lowest BCUT2D eigenvalue weighted by atomic mass is 10.00. The van der Waals surface area contributed by atoms with Crippen molar-refractivity contribution >= 4 is 34.7 Å². The number of ether oxygens (including phenoxy) is 3. The Kier molecular flexibility index (Phi) is 12.0. The van der Waals surface area contributed by atoms with Gasteiger partial charge in [0.15, 0.2) is 0 Å². The molecule has 2 aliphatic rings. The highest BCUT2D eigenvalue weighted by Gasteiger charge is 2.22. The van der Waals surface area contributed by atoms with E-state index in [4.69, 9.17) is 14.2 Å². The van der Waals surface area contributed by atoms with Gasteiger partial charge in [-0.2, -0.15) is 0 Å². The van der Waals surface area contributed by atoms with E-state index >= 15 is 0 Å². The summed E-state index contributed by atoms with van der Waals surface area (Å²) < 4.78 is 16.9. The third-order valence-electron chi connectivity index (χ3n) is 9.06. The first-order valence-electron chi connectivity index (χ1n) is 17.2. The molecule has 8 heteroatoms. The summed E-state index contributed by atoms with van der Waals surface area (Å²) in [5, 5.41) is 5.30. The van der Waals surface area contributed by atoms with E-state index < -0.39 is 0 Å². The molecule has 0 saturated carbocycles. The summed E-state index contributed by atoms with van der Waals surface area (Å²) >= 11 is 1.76. The summed E-state index contributed by atoms with van der Waals surface area (Å²) in [5.74, 6) is 0.773. The third kappa shape index (κ3) is 9.14. The van der Waals surface area contributed by atoms with Crippen LogP contribution >= 0.6 is 11.3 Å². The van der Waals surface area contributed by atoms with E-state index in [1.807, 2.05) is 24.3 Å². The van der Waals surface area contributed by atoms with Crippen LogP contribution in [0.2, 0.25) is 0 Å². The van der Waals surface area contributed by atoms with Crippen molar-refractivity contribution in [2.75, 3.05) is 56.8 Å². The van der Waals surface area contributed by atoms with Crippen LogP contribution in [-0.2, 0) is 27.4 Å². The molecule has 0 bridgehead atoms. The van der Waals surface area contributed by atoms with Gasteiger partial charge < -0.3 is 24.4 Å². The van der Waals surface area contributed by atoms with Gasteiger partial charge in [0.25, 0.3) is 5.91 Å². The van der Waals surface area contributed by atoms with Gasteiger partial charge in [0, 0.05) is 60.8 Å². The molecule has 0 spiro atoms. The smallest absolute Gasteiger partial charge is 0.251 e. The first-order valence-corrected chi connectivity index (χ1v) is 18.0. The van der Waals surface area contributed by atoms with Gasteiger partial charge in [-0.1, -0.05) is 43.3 Å². The highest BCUT2D eigenvalue weighted by Crippen LogP contribution is 2.34. The van der Waals surface area contributed by atoms with Crippen LogP contribution in [-0.4, -0.2) is 63.5 Å². The van der Waals surface area contributed by atoms with E-state index in [0.29, 0.717) is 25.7 Å². The summed E-state index contributed by atoms with van der Waals surface area (Å²) in [7, 11) is 2.19. The average molecular weight is 666 g/mol. The first kappa shape index (κ1) is 33.9. The lowest BCUT2D eigenvalue weighted by Crippen LogP contribution is -2.36. The van der Waals surface area contributed by atoms with Gasteiger partial charge in [-0.15, -0.1) is 11.3 Å². The maximum atomic E-state index is 13.7. The molecule has 0 atom stereocenters. The molecule has 7 nitrogen and oxygen atoms in total. The molecule has 0 aliphatic carbocycles. The molecule has 3 aromatic carbocycles. The summed E-state index contributed by atoms with van der Waals surface area (Å²) in [6.07, 6.45) is 5.89. The Balaban J connectivity index is 1.16. The lowest BCUT2D eigenvalue weighted by Gasteiger charge is -2.31. The number of carbonyl (C=O) groups is 1. The zero-order chi connectivity index (χ0) is 33.1. The summed E-state index contributed by atoms with van der Waals surface area (Å²) in [5.41, 5.74) is 7.21. The lowest BCUT2D eigenvalue weighted by molar-refractivity contribution is -0.112. The van der Waals surface area contributed by atoms with E-state index in [0.717, 1.165) is 98.1 Å². The molecular formula is C40H47N3O4S. The third-order valence-corrected chi connectivity index (χ3v) is 9.92. The van der Waals surface area contributed by atoms with Crippen LogP contribution in [0.3, 0.4) is 0 Å². The molecule has 1 amide bonds. The highest BCUT2D eigenvalue weighted by atomic mass is 32.1. The maximum absolute atomic E-state index is 13.7. The maximum Gasteiger partial charge on any atom is 0.251 e. The fraction of sp³-hybridized carbons (Fsp3) is 0.375. The van der Waals surface area contributed by atoms with E-state index in [2.05, 4.69) is 95.1 Å². The van der Waals surface area contributed by atoms with Crippen LogP contribution in [0.15, 0.2) is 89.8 Å². The van der Waals surface area contributed by atoms with Crippen molar-refractivity contribution in [1.82, 2.24) is 4.90 Å². The highest BCUT2D eigenvalue weighted by molar-refractivity contribution is 7.09. The number of hydrogen-bond acceptors (Lipinski definition) is 7. The Morgan fingerprint density at radius 3 is 2.52 bits per heavy atom. The van der Waals surface area contributed by atoms with Crippen molar-refractivity contribution in [2.24, 2.45) is 0 Å². The SMILES string of the molecule is CCCOCCOc1ccc(-c2ccc3c(c2)C=C(C(=O)Nc2ccc(CN(C)C4CCOCC4)cc2)CCN3Cc2cccs2)cc1. The van der Waals surface area contributed by atoms with E-state index in [9.17, 15) is 4.79 Å². The predicted molar refractivity (Wildman–Crippen MR) is 197 cm³/mol. The zero-order valence-corrected chi connectivity index (χ0v) is 29.0. The number of nitrogens with zero attached hydrogens (tertiary/aromatic N) is 2. The molecule has 3 heterocycles. The topological polar surface area (TPSA) is 63.3 Å².